The molecule has 0 saturated carbocycles. The van der Waals surface area contributed by atoms with Gasteiger partial charge in [0.15, 0.2) is 5.78 Å². The normalized spacial score (nSPS) is 13.7. The molecular formula is C13H21ClN2O2. The number of hydrogen-bond donors (Lipinski definition) is 0. The Morgan fingerprint density at radius 1 is 1.50 bits per heavy atom. The molecule has 5 heteroatoms. The third-order valence-corrected chi connectivity index (χ3v) is 3.41. The number of hydrogen-bond acceptors (Lipinski definition) is 3. The molecule has 18 heavy (non-hydrogen) atoms. The lowest BCUT2D eigenvalue weighted by Crippen LogP contribution is -2.37. The molecule has 0 aliphatic carbocycles. The summed E-state index contributed by atoms with van der Waals surface area (Å²) in [7, 11) is 3.35. The topological polar surface area (TPSA) is 44.1 Å². The molecule has 1 heterocycles. The van der Waals surface area contributed by atoms with Gasteiger partial charge in [0.1, 0.15) is 6.10 Å². The fourth-order valence-corrected chi connectivity index (χ4v) is 2.32. The fourth-order valence-electron chi connectivity index (χ4n) is 2.10. The van der Waals surface area contributed by atoms with Gasteiger partial charge in [0.05, 0.1) is 22.8 Å². The van der Waals surface area contributed by atoms with Crippen LogP contribution < -0.4 is 0 Å². The predicted octanol–water partition coefficient (Wildman–Crippen LogP) is 2.55. The number of carbonyl (C=O) groups excluding carboxylic acids is 1. The Balaban J connectivity index is 2.94. The van der Waals surface area contributed by atoms with E-state index in [1.807, 2.05) is 27.7 Å². The molecule has 0 aliphatic rings. The largest absolute Gasteiger partial charge is 0.373 e. The van der Waals surface area contributed by atoms with Crippen LogP contribution in [0.25, 0.3) is 0 Å². The molecule has 0 spiro atoms. The van der Waals surface area contributed by atoms with Crippen molar-refractivity contribution in [3.8, 4) is 0 Å². The van der Waals surface area contributed by atoms with Crippen LogP contribution in [0.3, 0.4) is 0 Å². The molecule has 1 atom stereocenters. The third kappa shape index (κ3) is 3.12. The van der Waals surface area contributed by atoms with Crippen molar-refractivity contribution >= 4 is 17.4 Å². The Morgan fingerprint density at radius 3 is 2.39 bits per heavy atom. The molecule has 0 N–H and O–H groups in total. The number of ether oxygens (including phenoxy) is 1. The van der Waals surface area contributed by atoms with Gasteiger partial charge in [-0.3, -0.25) is 9.48 Å². The molecule has 1 aromatic rings. The number of halogens is 1. The molecule has 0 aromatic carbocycles. The summed E-state index contributed by atoms with van der Waals surface area (Å²) in [6.07, 6.45) is -0.199. The molecule has 0 bridgehead atoms. The van der Waals surface area contributed by atoms with Crippen LogP contribution in [-0.4, -0.2) is 28.8 Å². The standard InChI is InChI=1S/C13H21ClN2O2/c1-8-11(14)9(16(5)15-8)7-10(17)12(18-6)13(2,3)4/h12H,7H2,1-6H3. The van der Waals surface area contributed by atoms with Crippen LogP contribution in [-0.2, 0) is 23.0 Å². The summed E-state index contributed by atoms with van der Waals surface area (Å²) < 4.78 is 6.97. The average Bonchev–Trinajstić information content (AvgIpc) is 2.44. The summed E-state index contributed by atoms with van der Waals surface area (Å²) in [5.74, 6) is 0.0231. The van der Waals surface area contributed by atoms with Gasteiger partial charge in [-0.1, -0.05) is 32.4 Å². The zero-order valence-corrected chi connectivity index (χ0v) is 12.6. The van der Waals surface area contributed by atoms with Gasteiger partial charge in [-0.15, -0.1) is 0 Å². The van der Waals surface area contributed by atoms with E-state index in [1.165, 1.54) is 0 Å². The lowest BCUT2D eigenvalue weighted by atomic mass is 9.85. The first-order valence-corrected chi connectivity index (χ1v) is 6.29. The van der Waals surface area contributed by atoms with E-state index in [4.69, 9.17) is 16.3 Å². The van der Waals surface area contributed by atoms with Crippen LogP contribution in [0.2, 0.25) is 5.02 Å². The average molecular weight is 273 g/mol. The molecule has 1 rings (SSSR count). The number of carbonyl (C=O) groups is 1. The van der Waals surface area contributed by atoms with E-state index in [9.17, 15) is 4.79 Å². The maximum absolute atomic E-state index is 12.3. The third-order valence-electron chi connectivity index (χ3n) is 2.92. The summed E-state index contributed by atoms with van der Waals surface area (Å²) in [6.45, 7) is 7.77. The van der Waals surface area contributed by atoms with Gasteiger partial charge in [0, 0.05) is 14.2 Å². The highest BCUT2D eigenvalue weighted by Gasteiger charge is 2.32. The van der Waals surface area contributed by atoms with E-state index in [1.54, 1.807) is 18.8 Å². The SMILES string of the molecule is COC(C(=O)Cc1c(Cl)c(C)nn1C)C(C)(C)C. The van der Waals surface area contributed by atoms with Crippen LogP contribution in [0.15, 0.2) is 0 Å². The molecule has 1 unspecified atom stereocenters. The Morgan fingerprint density at radius 2 is 2.06 bits per heavy atom. The minimum absolute atomic E-state index is 0.0231. The Labute approximate surface area is 113 Å². The summed E-state index contributed by atoms with van der Waals surface area (Å²) in [5.41, 5.74) is 1.25. The van der Waals surface area contributed by atoms with Gasteiger partial charge in [0.2, 0.25) is 0 Å². The molecule has 0 aliphatic heterocycles. The number of nitrogens with zero attached hydrogens (tertiary/aromatic N) is 2. The number of Topliss-reactive ketones (excluding diaryl/α,β-unsaturated/α-hetero) is 1. The van der Waals surface area contributed by atoms with E-state index in [0.29, 0.717) is 5.02 Å². The van der Waals surface area contributed by atoms with Crippen LogP contribution in [0, 0.1) is 12.3 Å². The van der Waals surface area contributed by atoms with Crippen molar-refractivity contribution < 1.29 is 9.53 Å². The monoisotopic (exact) mass is 272 g/mol. The Hall–Kier alpha value is -0.870. The van der Waals surface area contributed by atoms with E-state index in [2.05, 4.69) is 5.10 Å². The molecule has 0 amide bonds. The van der Waals surface area contributed by atoms with Crippen molar-refractivity contribution in [1.29, 1.82) is 0 Å². The number of methoxy groups -OCH3 is 1. The molecule has 0 radical (unpaired) electrons. The second-order valence-corrected chi connectivity index (χ2v) is 5.97. The van der Waals surface area contributed by atoms with Crippen molar-refractivity contribution in [3.63, 3.8) is 0 Å². The Kier molecular flexibility index (Phi) is 4.56. The number of aryl methyl sites for hydroxylation is 2. The minimum Gasteiger partial charge on any atom is -0.373 e. The van der Waals surface area contributed by atoms with Crippen LogP contribution in [0.4, 0.5) is 0 Å². The quantitative estimate of drug-likeness (QED) is 0.846. The van der Waals surface area contributed by atoms with Gasteiger partial charge >= 0.3 is 0 Å². The summed E-state index contributed by atoms with van der Waals surface area (Å²) in [6, 6.07) is 0. The molecule has 1 aromatic heterocycles. The van der Waals surface area contributed by atoms with E-state index in [0.717, 1.165) is 11.4 Å². The molecule has 0 fully saturated rings. The number of aromatic nitrogens is 2. The van der Waals surface area contributed by atoms with Crippen LogP contribution >= 0.6 is 11.6 Å². The molecule has 102 valence electrons. The first-order valence-electron chi connectivity index (χ1n) is 5.92. The van der Waals surface area contributed by atoms with E-state index < -0.39 is 6.10 Å². The van der Waals surface area contributed by atoms with Crippen molar-refractivity contribution in [2.24, 2.45) is 12.5 Å². The van der Waals surface area contributed by atoms with Crippen molar-refractivity contribution in [1.82, 2.24) is 9.78 Å². The molecular weight excluding hydrogens is 252 g/mol. The maximum Gasteiger partial charge on any atom is 0.168 e. The lowest BCUT2D eigenvalue weighted by Gasteiger charge is -2.28. The fraction of sp³-hybridized carbons (Fsp3) is 0.692. The van der Waals surface area contributed by atoms with E-state index in [-0.39, 0.29) is 17.6 Å². The van der Waals surface area contributed by atoms with Gasteiger partial charge in [-0.25, -0.2) is 0 Å². The highest BCUT2D eigenvalue weighted by Crippen LogP contribution is 2.26. The van der Waals surface area contributed by atoms with E-state index >= 15 is 0 Å². The lowest BCUT2D eigenvalue weighted by molar-refractivity contribution is -0.134. The summed E-state index contributed by atoms with van der Waals surface area (Å²) in [5, 5.41) is 4.77. The number of rotatable bonds is 4. The van der Waals surface area contributed by atoms with Crippen LogP contribution in [0.1, 0.15) is 32.2 Å². The van der Waals surface area contributed by atoms with Gasteiger partial charge < -0.3 is 4.74 Å². The van der Waals surface area contributed by atoms with Gasteiger partial charge in [-0.2, -0.15) is 5.10 Å². The first-order chi connectivity index (χ1) is 8.18. The second-order valence-electron chi connectivity index (χ2n) is 5.59. The zero-order chi connectivity index (χ0) is 14.1. The second kappa shape index (κ2) is 5.41. The summed E-state index contributed by atoms with van der Waals surface area (Å²) >= 11 is 6.14. The number of ketones is 1. The van der Waals surface area contributed by atoms with Crippen molar-refractivity contribution in [2.45, 2.75) is 40.2 Å². The maximum atomic E-state index is 12.3. The highest BCUT2D eigenvalue weighted by molar-refractivity contribution is 6.32. The molecule has 4 nitrogen and oxygen atoms in total. The Bertz CT molecular complexity index is 447. The van der Waals surface area contributed by atoms with Crippen molar-refractivity contribution in [2.75, 3.05) is 7.11 Å². The highest BCUT2D eigenvalue weighted by atomic mass is 35.5. The zero-order valence-electron chi connectivity index (χ0n) is 11.9. The van der Waals surface area contributed by atoms with Crippen molar-refractivity contribution in [3.05, 3.63) is 16.4 Å². The van der Waals surface area contributed by atoms with Gasteiger partial charge in [-0.05, 0) is 12.3 Å². The smallest absolute Gasteiger partial charge is 0.168 e. The summed E-state index contributed by atoms with van der Waals surface area (Å²) in [4.78, 5) is 12.3. The minimum atomic E-state index is -0.441. The van der Waals surface area contributed by atoms with Crippen LogP contribution in [0.5, 0.6) is 0 Å². The van der Waals surface area contributed by atoms with Gasteiger partial charge in [0.25, 0.3) is 0 Å². The predicted molar refractivity (Wildman–Crippen MR) is 71.9 cm³/mol. The first kappa shape index (κ1) is 15.2. The molecule has 0 saturated heterocycles.